The summed E-state index contributed by atoms with van der Waals surface area (Å²) in [7, 11) is 0. The van der Waals surface area contributed by atoms with E-state index in [0.29, 0.717) is 5.56 Å². The fraction of sp³-hybridized carbons (Fsp3) is 0.649. The molecule has 41 heavy (non-hydrogen) atoms. The first-order valence-electron chi connectivity index (χ1n) is 16.8. The number of aromatic carboxylic acids is 1. The van der Waals surface area contributed by atoms with Gasteiger partial charge in [0.15, 0.2) is 0 Å². The minimum absolute atomic E-state index is 0.0979. The van der Waals surface area contributed by atoms with E-state index < -0.39 is 5.97 Å². The Morgan fingerprint density at radius 3 is 2.02 bits per heavy atom. The molecule has 0 saturated heterocycles. The fourth-order valence-corrected chi connectivity index (χ4v) is 6.39. The molecule has 1 N–H and O–H groups in total. The van der Waals surface area contributed by atoms with E-state index in [2.05, 4.69) is 20.8 Å². The second-order valence-corrected chi connectivity index (χ2v) is 12.4. The number of carboxylic acids is 1. The first kappa shape index (κ1) is 33.0. The van der Waals surface area contributed by atoms with Gasteiger partial charge in [-0.3, -0.25) is 0 Å². The molecule has 0 bridgehead atoms. The predicted octanol–water partition coefficient (Wildman–Crippen LogP) is 11.1. The summed E-state index contributed by atoms with van der Waals surface area (Å²) in [4.78, 5) is 12.0. The first-order valence-corrected chi connectivity index (χ1v) is 16.8. The van der Waals surface area contributed by atoms with Crippen LogP contribution in [-0.2, 0) is 0 Å². The fourth-order valence-electron chi connectivity index (χ4n) is 6.39. The maximum Gasteiger partial charge on any atom is 0.336 e. The first-order chi connectivity index (χ1) is 20.0. The van der Waals surface area contributed by atoms with Crippen LogP contribution in [0.4, 0.5) is 0 Å². The van der Waals surface area contributed by atoms with Crippen molar-refractivity contribution in [3.63, 3.8) is 0 Å². The molecule has 3 rings (SSSR count). The lowest BCUT2D eigenvalue weighted by Gasteiger charge is -2.28. The zero-order valence-electron chi connectivity index (χ0n) is 26.2. The summed E-state index contributed by atoms with van der Waals surface area (Å²) >= 11 is 0. The van der Waals surface area contributed by atoms with Crippen LogP contribution >= 0.6 is 0 Å². The number of hydrogen-bond donors (Lipinski definition) is 1. The van der Waals surface area contributed by atoms with E-state index in [1.54, 1.807) is 12.1 Å². The Balaban J connectivity index is 1.45. The summed E-state index contributed by atoms with van der Waals surface area (Å²) in [6.45, 7) is 7.39. The summed E-state index contributed by atoms with van der Waals surface area (Å²) in [5.41, 5.74) is 1.83. The number of benzene rings is 2. The molecule has 0 heterocycles. The van der Waals surface area contributed by atoms with Crippen LogP contribution in [0.5, 0.6) is 11.5 Å². The van der Waals surface area contributed by atoms with E-state index in [9.17, 15) is 9.90 Å². The average Bonchev–Trinajstić information content (AvgIpc) is 2.98. The Labute approximate surface area is 250 Å². The van der Waals surface area contributed by atoms with Gasteiger partial charge in [0.05, 0.1) is 18.3 Å². The minimum Gasteiger partial charge on any atom is -0.494 e. The molecule has 0 aliphatic heterocycles. The molecular weight excluding hydrogens is 508 g/mol. The van der Waals surface area contributed by atoms with Crippen LogP contribution in [0, 0.1) is 11.8 Å². The number of rotatable bonds is 20. The van der Waals surface area contributed by atoms with Gasteiger partial charge < -0.3 is 14.6 Å². The smallest absolute Gasteiger partial charge is 0.336 e. The third kappa shape index (κ3) is 12.1. The SMILES string of the molecule is CCCCCCCCCCC(C)Oc1ccc(C(=O)O)c(-c2ccc(OCCCC3CCC(CCC)CC3)cc2)c1. The van der Waals surface area contributed by atoms with Crippen LogP contribution in [0.25, 0.3) is 11.1 Å². The van der Waals surface area contributed by atoms with Crippen LogP contribution in [-0.4, -0.2) is 23.8 Å². The monoisotopic (exact) mass is 564 g/mol. The van der Waals surface area contributed by atoms with Gasteiger partial charge in [0, 0.05) is 0 Å². The third-order valence-corrected chi connectivity index (χ3v) is 8.88. The molecular formula is C37H56O4. The van der Waals surface area contributed by atoms with E-state index >= 15 is 0 Å². The quantitative estimate of drug-likeness (QED) is 0.162. The Morgan fingerprint density at radius 2 is 1.39 bits per heavy atom. The standard InChI is InChI=1S/C37H56O4/c1-4-6-7-8-9-10-11-12-15-29(3)41-34-25-26-35(37(38)39)36(28-34)32-21-23-33(24-22-32)40-27-13-16-31-19-17-30(14-5-2)18-20-31/h21-26,28-31H,4-20,27H2,1-3H3,(H,38,39). The summed E-state index contributed by atoms with van der Waals surface area (Å²) < 4.78 is 12.3. The molecule has 228 valence electrons. The highest BCUT2D eigenvalue weighted by Gasteiger charge is 2.20. The van der Waals surface area contributed by atoms with Gasteiger partial charge in [-0.25, -0.2) is 4.79 Å². The molecule has 1 fully saturated rings. The molecule has 0 spiro atoms. The van der Waals surface area contributed by atoms with Gasteiger partial charge in [0.25, 0.3) is 0 Å². The van der Waals surface area contributed by atoms with Crippen LogP contribution in [0.3, 0.4) is 0 Å². The molecule has 1 saturated carbocycles. The zero-order valence-corrected chi connectivity index (χ0v) is 26.2. The summed E-state index contributed by atoms with van der Waals surface area (Å²) in [6, 6.07) is 13.1. The van der Waals surface area contributed by atoms with Crippen LogP contribution in [0.1, 0.15) is 140 Å². The van der Waals surface area contributed by atoms with Crippen LogP contribution in [0.2, 0.25) is 0 Å². The summed E-state index contributed by atoms with van der Waals surface area (Å²) in [6.07, 6.45) is 22.1. The van der Waals surface area contributed by atoms with Crippen molar-refractivity contribution in [2.45, 2.75) is 136 Å². The molecule has 2 aromatic carbocycles. The van der Waals surface area contributed by atoms with Crippen LogP contribution < -0.4 is 9.47 Å². The molecule has 0 radical (unpaired) electrons. The lowest BCUT2D eigenvalue weighted by Crippen LogP contribution is -2.15. The zero-order chi connectivity index (χ0) is 29.3. The van der Waals surface area contributed by atoms with Crippen LogP contribution in [0.15, 0.2) is 42.5 Å². The van der Waals surface area contributed by atoms with E-state index in [-0.39, 0.29) is 11.7 Å². The number of carbonyl (C=O) groups is 1. The van der Waals surface area contributed by atoms with Gasteiger partial charge in [-0.05, 0) is 85.9 Å². The van der Waals surface area contributed by atoms with Crippen molar-refractivity contribution in [2.75, 3.05) is 6.61 Å². The van der Waals surface area contributed by atoms with Crippen molar-refractivity contribution < 1.29 is 19.4 Å². The van der Waals surface area contributed by atoms with Crippen molar-refractivity contribution in [3.05, 3.63) is 48.0 Å². The highest BCUT2D eigenvalue weighted by atomic mass is 16.5. The lowest BCUT2D eigenvalue weighted by molar-refractivity contribution is 0.0697. The predicted molar refractivity (Wildman–Crippen MR) is 171 cm³/mol. The Kier molecular flexibility index (Phi) is 15.2. The Morgan fingerprint density at radius 1 is 0.780 bits per heavy atom. The maximum absolute atomic E-state index is 12.0. The van der Waals surface area contributed by atoms with Crippen molar-refractivity contribution >= 4 is 5.97 Å². The largest absolute Gasteiger partial charge is 0.494 e. The van der Waals surface area contributed by atoms with Crippen molar-refractivity contribution in [2.24, 2.45) is 11.8 Å². The molecule has 2 aromatic rings. The Hall–Kier alpha value is -2.49. The highest BCUT2D eigenvalue weighted by Crippen LogP contribution is 2.34. The maximum atomic E-state index is 12.0. The molecule has 4 heteroatoms. The van der Waals surface area contributed by atoms with E-state index in [1.165, 1.54) is 89.9 Å². The molecule has 1 atom stereocenters. The van der Waals surface area contributed by atoms with Crippen molar-refractivity contribution in [1.82, 2.24) is 0 Å². The lowest BCUT2D eigenvalue weighted by atomic mass is 9.78. The normalized spacial score (nSPS) is 17.7. The topological polar surface area (TPSA) is 55.8 Å². The van der Waals surface area contributed by atoms with Gasteiger partial charge in [-0.2, -0.15) is 0 Å². The number of hydrogen-bond acceptors (Lipinski definition) is 3. The van der Waals surface area contributed by atoms with Gasteiger partial charge >= 0.3 is 5.97 Å². The van der Waals surface area contributed by atoms with Gasteiger partial charge in [0.2, 0.25) is 0 Å². The Bertz CT molecular complexity index is 991. The molecule has 1 aliphatic rings. The van der Waals surface area contributed by atoms with E-state index in [0.717, 1.165) is 54.8 Å². The van der Waals surface area contributed by atoms with Gasteiger partial charge in [0.1, 0.15) is 11.5 Å². The number of unbranched alkanes of at least 4 members (excludes halogenated alkanes) is 7. The van der Waals surface area contributed by atoms with Gasteiger partial charge in [-0.15, -0.1) is 0 Å². The van der Waals surface area contributed by atoms with Crippen molar-refractivity contribution in [1.29, 1.82) is 0 Å². The highest BCUT2D eigenvalue weighted by molar-refractivity contribution is 5.96. The summed E-state index contributed by atoms with van der Waals surface area (Å²) in [5, 5.41) is 9.82. The number of ether oxygens (including phenoxy) is 2. The molecule has 1 unspecified atom stereocenters. The molecule has 4 nitrogen and oxygen atoms in total. The number of carboxylic acid groups (broad SMARTS) is 1. The van der Waals surface area contributed by atoms with E-state index in [4.69, 9.17) is 9.47 Å². The second-order valence-electron chi connectivity index (χ2n) is 12.4. The average molecular weight is 565 g/mol. The molecule has 0 amide bonds. The molecule has 1 aliphatic carbocycles. The summed E-state index contributed by atoms with van der Waals surface area (Å²) in [5.74, 6) is 2.46. The minimum atomic E-state index is -0.928. The second kappa shape index (κ2) is 18.8. The van der Waals surface area contributed by atoms with E-state index in [1.807, 2.05) is 30.3 Å². The van der Waals surface area contributed by atoms with Crippen molar-refractivity contribution in [3.8, 4) is 22.6 Å². The van der Waals surface area contributed by atoms with Gasteiger partial charge in [-0.1, -0.05) is 109 Å². The third-order valence-electron chi connectivity index (χ3n) is 8.88. The molecule has 0 aromatic heterocycles.